The highest BCUT2D eigenvalue weighted by Gasteiger charge is 2.29. The molecule has 1 atom stereocenters. The van der Waals surface area contributed by atoms with Gasteiger partial charge in [0.25, 0.3) is 0 Å². The maximum Gasteiger partial charge on any atom is 0.410 e. The van der Waals surface area contributed by atoms with E-state index in [4.69, 9.17) is 18.9 Å². The lowest BCUT2D eigenvalue weighted by Crippen LogP contribution is -2.50. The van der Waals surface area contributed by atoms with Crippen molar-refractivity contribution >= 4 is 23.4 Å². The summed E-state index contributed by atoms with van der Waals surface area (Å²) in [5.74, 6) is 0.846. The summed E-state index contributed by atoms with van der Waals surface area (Å²) in [5, 5.41) is 0. The first kappa shape index (κ1) is 26.5. The molecule has 0 radical (unpaired) electrons. The Morgan fingerprint density at radius 2 is 1.83 bits per heavy atom. The molecule has 200 valence electrons. The van der Waals surface area contributed by atoms with Gasteiger partial charge < -0.3 is 33.6 Å². The summed E-state index contributed by atoms with van der Waals surface area (Å²) in [6.45, 7) is 9.85. The molecule has 9 heteroatoms. The van der Waals surface area contributed by atoms with E-state index in [0.717, 1.165) is 61.4 Å². The minimum Gasteiger partial charge on any atom is -0.495 e. The Balaban J connectivity index is 1.46. The van der Waals surface area contributed by atoms with Gasteiger partial charge in [0.2, 0.25) is 5.91 Å². The molecule has 0 bridgehead atoms. The van der Waals surface area contributed by atoms with Crippen LogP contribution in [0.1, 0.15) is 58.4 Å². The van der Waals surface area contributed by atoms with E-state index in [9.17, 15) is 9.59 Å². The quantitative estimate of drug-likeness (QED) is 0.581. The zero-order chi connectivity index (χ0) is 25.7. The summed E-state index contributed by atoms with van der Waals surface area (Å²) in [7, 11) is 1.66. The predicted octanol–water partition coefficient (Wildman–Crippen LogP) is 3.96. The highest BCUT2D eigenvalue weighted by atomic mass is 16.7. The third-order valence-electron chi connectivity index (χ3n) is 6.84. The first-order valence-corrected chi connectivity index (χ1v) is 13.2. The van der Waals surface area contributed by atoms with E-state index in [-0.39, 0.29) is 18.3 Å². The molecule has 3 heterocycles. The number of aryl methyl sites for hydroxylation is 1. The fraction of sp³-hybridized carbons (Fsp3) is 0.704. The van der Waals surface area contributed by atoms with Crippen molar-refractivity contribution < 1.29 is 28.5 Å². The molecule has 4 rings (SSSR count). The molecule has 2 fully saturated rings. The van der Waals surface area contributed by atoms with Crippen molar-refractivity contribution in [3.63, 3.8) is 0 Å². The molecule has 1 aromatic rings. The molecule has 0 aromatic heterocycles. The minimum atomic E-state index is -0.508. The second-order valence-electron chi connectivity index (χ2n) is 10.7. The topological polar surface area (TPSA) is 80.8 Å². The summed E-state index contributed by atoms with van der Waals surface area (Å²) in [6.07, 6.45) is 4.82. The first-order valence-electron chi connectivity index (χ1n) is 13.2. The molecule has 0 spiro atoms. The first-order chi connectivity index (χ1) is 17.2. The Morgan fingerprint density at radius 1 is 1.06 bits per heavy atom. The number of hydrogen-bond donors (Lipinski definition) is 0. The van der Waals surface area contributed by atoms with Crippen molar-refractivity contribution in [3.05, 3.63) is 17.7 Å². The van der Waals surface area contributed by atoms with E-state index in [0.29, 0.717) is 45.8 Å². The van der Waals surface area contributed by atoms with Gasteiger partial charge in [-0.2, -0.15) is 0 Å². The third-order valence-corrected chi connectivity index (χ3v) is 6.84. The van der Waals surface area contributed by atoms with Gasteiger partial charge in [0.15, 0.2) is 6.29 Å². The standard InChI is InChI=1S/C27H41N3O6/c1-27(2,3)36-26(32)29-13-11-28(12-14-29)22-18-20-8-7-9-24(31)30(21(20)19-23(22)33-4)15-17-35-25-10-5-6-16-34-25/h18-19,25H,5-17H2,1-4H3. The Bertz CT molecular complexity index is 917. The van der Waals surface area contributed by atoms with E-state index in [1.807, 2.05) is 31.7 Å². The van der Waals surface area contributed by atoms with Crippen LogP contribution < -0.4 is 14.5 Å². The summed E-state index contributed by atoms with van der Waals surface area (Å²) >= 11 is 0. The van der Waals surface area contributed by atoms with Gasteiger partial charge in [0.1, 0.15) is 11.4 Å². The van der Waals surface area contributed by atoms with E-state index in [1.54, 1.807) is 12.0 Å². The largest absolute Gasteiger partial charge is 0.495 e. The number of methoxy groups -OCH3 is 1. The zero-order valence-corrected chi connectivity index (χ0v) is 22.2. The van der Waals surface area contributed by atoms with Crippen LogP contribution in [0.3, 0.4) is 0 Å². The second-order valence-corrected chi connectivity index (χ2v) is 10.7. The molecule has 1 unspecified atom stereocenters. The van der Waals surface area contributed by atoms with E-state index < -0.39 is 5.60 Å². The maximum atomic E-state index is 13.0. The van der Waals surface area contributed by atoms with Crippen LogP contribution in [0, 0.1) is 0 Å². The normalized spacial score (nSPS) is 21.2. The highest BCUT2D eigenvalue weighted by Crippen LogP contribution is 2.39. The number of carbonyl (C=O) groups is 2. The predicted molar refractivity (Wildman–Crippen MR) is 138 cm³/mol. The number of ether oxygens (including phenoxy) is 4. The van der Waals surface area contributed by atoms with Gasteiger partial charge in [-0.3, -0.25) is 4.79 Å². The van der Waals surface area contributed by atoms with Gasteiger partial charge in [0, 0.05) is 51.8 Å². The molecule has 9 nitrogen and oxygen atoms in total. The molecule has 1 aromatic carbocycles. The van der Waals surface area contributed by atoms with Crippen molar-refractivity contribution in [3.8, 4) is 5.75 Å². The summed E-state index contributed by atoms with van der Waals surface area (Å²) < 4.78 is 22.9. The molecule has 2 amide bonds. The van der Waals surface area contributed by atoms with Gasteiger partial charge in [0.05, 0.1) is 25.1 Å². The second kappa shape index (κ2) is 11.7. The van der Waals surface area contributed by atoms with Crippen LogP contribution in [-0.2, 0) is 25.4 Å². The van der Waals surface area contributed by atoms with Crippen LogP contribution in [0.25, 0.3) is 0 Å². The van der Waals surface area contributed by atoms with Gasteiger partial charge in [-0.25, -0.2) is 4.79 Å². The maximum absolute atomic E-state index is 13.0. The Morgan fingerprint density at radius 3 is 2.50 bits per heavy atom. The van der Waals surface area contributed by atoms with Gasteiger partial charge in [-0.1, -0.05) is 0 Å². The number of hydrogen-bond acceptors (Lipinski definition) is 7. The molecule has 3 aliphatic rings. The number of fused-ring (bicyclic) bond motifs is 1. The van der Waals surface area contributed by atoms with Crippen molar-refractivity contribution in [1.82, 2.24) is 4.90 Å². The summed E-state index contributed by atoms with van der Waals surface area (Å²) in [4.78, 5) is 31.3. The number of anilines is 2. The average molecular weight is 504 g/mol. The zero-order valence-electron chi connectivity index (χ0n) is 22.2. The van der Waals surface area contributed by atoms with E-state index in [2.05, 4.69) is 11.0 Å². The summed E-state index contributed by atoms with van der Waals surface area (Å²) in [5.41, 5.74) is 2.53. The minimum absolute atomic E-state index is 0.114. The number of carbonyl (C=O) groups excluding carboxylic acids is 2. The number of amides is 2. The van der Waals surface area contributed by atoms with E-state index in [1.165, 1.54) is 0 Å². The third kappa shape index (κ3) is 6.62. The Hall–Kier alpha value is -2.52. The molecule has 3 aliphatic heterocycles. The van der Waals surface area contributed by atoms with Crippen LogP contribution in [0.2, 0.25) is 0 Å². The van der Waals surface area contributed by atoms with Crippen LogP contribution in [0.4, 0.5) is 16.2 Å². The van der Waals surface area contributed by atoms with Crippen LogP contribution in [-0.4, -0.2) is 81.8 Å². The SMILES string of the molecule is COc1cc2c(cc1N1CCN(C(=O)OC(C)(C)C)CC1)CCCC(=O)N2CCOC1CCCCO1. The molecule has 0 aliphatic carbocycles. The van der Waals surface area contributed by atoms with Gasteiger partial charge >= 0.3 is 6.09 Å². The van der Waals surface area contributed by atoms with E-state index >= 15 is 0 Å². The molecule has 2 saturated heterocycles. The van der Waals surface area contributed by atoms with Crippen LogP contribution in [0.5, 0.6) is 5.75 Å². The number of nitrogens with zero attached hydrogens (tertiary/aromatic N) is 3. The molecular formula is C27H41N3O6. The van der Waals surface area contributed by atoms with Crippen molar-refractivity contribution in [2.75, 3.05) is 62.8 Å². The fourth-order valence-electron chi connectivity index (χ4n) is 4.98. The van der Waals surface area contributed by atoms with Crippen LogP contribution >= 0.6 is 0 Å². The van der Waals surface area contributed by atoms with Gasteiger partial charge in [-0.05, 0) is 64.5 Å². The lowest BCUT2D eigenvalue weighted by molar-refractivity contribution is -0.161. The fourth-order valence-corrected chi connectivity index (χ4v) is 4.98. The highest BCUT2D eigenvalue weighted by molar-refractivity contribution is 5.95. The number of rotatable bonds is 6. The Kier molecular flexibility index (Phi) is 8.62. The summed E-state index contributed by atoms with van der Waals surface area (Å²) in [6, 6.07) is 4.15. The van der Waals surface area contributed by atoms with Crippen molar-refractivity contribution in [2.24, 2.45) is 0 Å². The lowest BCUT2D eigenvalue weighted by atomic mass is 10.0. The molecule has 0 N–H and O–H groups in total. The van der Waals surface area contributed by atoms with Crippen molar-refractivity contribution in [1.29, 1.82) is 0 Å². The average Bonchev–Trinajstić information content (AvgIpc) is 3.01. The van der Waals surface area contributed by atoms with Gasteiger partial charge in [-0.15, -0.1) is 0 Å². The number of piperazine rings is 1. The Labute approximate surface area is 214 Å². The lowest BCUT2D eigenvalue weighted by Gasteiger charge is -2.37. The number of benzene rings is 1. The van der Waals surface area contributed by atoms with Crippen molar-refractivity contribution in [2.45, 2.75) is 71.2 Å². The smallest absolute Gasteiger partial charge is 0.410 e. The molecule has 36 heavy (non-hydrogen) atoms. The monoisotopic (exact) mass is 503 g/mol. The van der Waals surface area contributed by atoms with Crippen LogP contribution in [0.15, 0.2) is 12.1 Å². The molecule has 0 saturated carbocycles. The molecular weight excluding hydrogens is 462 g/mol.